The van der Waals surface area contributed by atoms with Crippen LogP contribution in [0.3, 0.4) is 0 Å². The van der Waals surface area contributed by atoms with Gasteiger partial charge in [0, 0.05) is 13.3 Å². The van der Waals surface area contributed by atoms with E-state index >= 15 is 0 Å². The number of aryl methyl sites for hydroxylation is 2. The SMILES string of the molecule is CCCc1c[nH]c(C)[n+]1C.[Cl-]. The maximum absolute atomic E-state index is 3.18. The Morgan fingerprint density at radius 3 is 2.55 bits per heavy atom. The van der Waals surface area contributed by atoms with E-state index < -0.39 is 0 Å². The number of imidazole rings is 1. The average molecular weight is 175 g/mol. The van der Waals surface area contributed by atoms with Gasteiger partial charge in [-0.25, -0.2) is 9.55 Å². The lowest BCUT2D eigenvalue weighted by Crippen LogP contribution is -3.00. The summed E-state index contributed by atoms with van der Waals surface area (Å²) in [6.45, 7) is 4.28. The molecule has 0 aliphatic carbocycles. The topological polar surface area (TPSA) is 19.7 Å². The first-order valence-electron chi connectivity index (χ1n) is 3.78. The second-order valence-corrected chi connectivity index (χ2v) is 2.67. The van der Waals surface area contributed by atoms with Crippen molar-refractivity contribution in [3.05, 3.63) is 17.7 Å². The van der Waals surface area contributed by atoms with Crippen molar-refractivity contribution in [1.82, 2.24) is 4.98 Å². The van der Waals surface area contributed by atoms with Gasteiger partial charge in [0.25, 0.3) is 5.82 Å². The highest BCUT2D eigenvalue weighted by molar-refractivity contribution is 4.89. The minimum absolute atomic E-state index is 0. The van der Waals surface area contributed by atoms with Crippen molar-refractivity contribution in [3.8, 4) is 0 Å². The fraction of sp³-hybridized carbons (Fsp3) is 0.625. The van der Waals surface area contributed by atoms with E-state index in [9.17, 15) is 0 Å². The Bertz CT molecular complexity index is 218. The number of rotatable bonds is 2. The first-order valence-corrected chi connectivity index (χ1v) is 3.78. The van der Waals surface area contributed by atoms with Gasteiger partial charge in [-0.15, -0.1) is 0 Å². The second-order valence-electron chi connectivity index (χ2n) is 2.67. The summed E-state index contributed by atoms with van der Waals surface area (Å²) in [7, 11) is 2.09. The molecule has 1 N–H and O–H groups in total. The highest BCUT2D eigenvalue weighted by Gasteiger charge is 2.07. The molecule has 0 saturated heterocycles. The summed E-state index contributed by atoms with van der Waals surface area (Å²) in [4.78, 5) is 3.18. The van der Waals surface area contributed by atoms with E-state index in [1.54, 1.807) is 0 Å². The van der Waals surface area contributed by atoms with E-state index in [1.165, 1.54) is 24.4 Å². The lowest BCUT2D eigenvalue weighted by molar-refractivity contribution is -0.683. The van der Waals surface area contributed by atoms with E-state index in [0.29, 0.717) is 0 Å². The summed E-state index contributed by atoms with van der Waals surface area (Å²) in [5, 5.41) is 0. The fourth-order valence-electron chi connectivity index (χ4n) is 1.09. The van der Waals surface area contributed by atoms with Crippen LogP contribution in [0.25, 0.3) is 0 Å². The first kappa shape index (κ1) is 10.5. The van der Waals surface area contributed by atoms with Crippen molar-refractivity contribution in [2.75, 3.05) is 0 Å². The van der Waals surface area contributed by atoms with Crippen LogP contribution in [0.1, 0.15) is 24.9 Å². The lowest BCUT2D eigenvalue weighted by Gasteiger charge is -1.91. The summed E-state index contributed by atoms with van der Waals surface area (Å²) < 4.78 is 2.20. The third kappa shape index (κ3) is 2.22. The molecule has 0 radical (unpaired) electrons. The van der Waals surface area contributed by atoms with Crippen LogP contribution in [0.5, 0.6) is 0 Å². The number of H-pyrrole nitrogens is 1. The van der Waals surface area contributed by atoms with Crippen molar-refractivity contribution < 1.29 is 17.0 Å². The van der Waals surface area contributed by atoms with Gasteiger partial charge in [-0.1, -0.05) is 6.92 Å². The second kappa shape index (κ2) is 4.39. The zero-order chi connectivity index (χ0) is 7.56. The monoisotopic (exact) mass is 174 g/mol. The van der Waals surface area contributed by atoms with Crippen LogP contribution in [-0.4, -0.2) is 4.98 Å². The van der Waals surface area contributed by atoms with Crippen LogP contribution in [0.4, 0.5) is 0 Å². The van der Waals surface area contributed by atoms with E-state index in [4.69, 9.17) is 0 Å². The van der Waals surface area contributed by atoms with Crippen LogP contribution in [-0.2, 0) is 13.5 Å². The molecule has 0 saturated carbocycles. The van der Waals surface area contributed by atoms with Gasteiger partial charge in [0.15, 0.2) is 0 Å². The molecular formula is C8H15ClN2. The lowest BCUT2D eigenvalue weighted by atomic mass is 10.3. The van der Waals surface area contributed by atoms with Crippen molar-refractivity contribution >= 4 is 0 Å². The summed E-state index contributed by atoms with van der Waals surface area (Å²) >= 11 is 0. The van der Waals surface area contributed by atoms with E-state index in [0.717, 1.165) is 0 Å². The number of nitrogens with one attached hydrogen (secondary N) is 1. The highest BCUT2D eigenvalue weighted by atomic mass is 35.5. The van der Waals surface area contributed by atoms with Crippen LogP contribution in [0.2, 0.25) is 0 Å². The van der Waals surface area contributed by atoms with Crippen LogP contribution in [0, 0.1) is 6.92 Å². The molecule has 1 rings (SSSR count). The highest BCUT2D eigenvalue weighted by Crippen LogP contribution is 1.95. The van der Waals surface area contributed by atoms with Crippen LogP contribution < -0.4 is 17.0 Å². The molecule has 0 aliphatic heterocycles. The van der Waals surface area contributed by atoms with E-state index in [2.05, 4.69) is 36.6 Å². The molecule has 1 aromatic rings. The van der Waals surface area contributed by atoms with Gasteiger partial charge in [-0.3, -0.25) is 0 Å². The predicted octanol–water partition coefficient (Wildman–Crippen LogP) is -1.90. The zero-order valence-electron chi connectivity index (χ0n) is 7.32. The Hall–Kier alpha value is -0.500. The summed E-state index contributed by atoms with van der Waals surface area (Å²) in [6.07, 6.45) is 4.46. The molecule has 0 unspecified atom stereocenters. The van der Waals surface area contributed by atoms with Crippen molar-refractivity contribution in [1.29, 1.82) is 0 Å². The number of aromatic amines is 1. The third-order valence-corrected chi connectivity index (χ3v) is 1.89. The van der Waals surface area contributed by atoms with Crippen molar-refractivity contribution in [2.45, 2.75) is 26.7 Å². The maximum atomic E-state index is 3.18. The molecule has 11 heavy (non-hydrogen) atoms. The number of nitrogens with zero attached hydrogens (tertiary/aromatic N) is 1. The molecule has 2 nitrogen and oxygen atoms in total. The first-order chi connectivity index (χ1) is 4.75. The third-order valence-electron chi connectivity index (χ3n) is 1.89. The fourth-order valence-corrected chi connectivity index (χ4v) is 1.09. The normalized spacial score (nSPS) is 9.36. The Kier molecular flexibility index (Phi) is 4.19. The molecule has 0 aliphatic rings. The molecular weight excluding hydrogens is 160 g/mol. The molecule has 1 heterocycles. The van der Waals surface area contributed by atoms with Crippen LogP contribution >= 0.6 is 0 Å². The van der Waals surface area contributed by atoms with Gasteiger partial charge in [0.05, 0.1) is 7.05 Å². The van der Waals surface area contributed by atoms with Gasteiger partial charge >= 0.3 is 0 Å². The van der Waals surface area contributed by atoms with Crippen molar-refractivity contribution in [3.63, 3.8) is 0 Å². The number of halogens is 1. The molecule has 0 aromatic carbocycles. The largest absolute Gasteiger partial charge is 1.00 e. The zero-order valence-corrected chi connectivity index (χ0v) is 8.07. The van der Waals surface area contributed by atoms with Gasteiger partial charge < -0.3 is 12.4 Å². The number of hydrogen-bond donors (Lipinski definition) is 1. The molecule has 0 spiro atoms. The van der Waals surface area contributed by atoms with Gasteiger partial charge in [0.1, 0.15) is 11.9 Å². The summed E-state index contributed by atoms with van der Waals surface area (Å²) in [6, 6.07) is 0. The molecule has 0 fully saturated rings. The molecule has 3 heteroatoms. The van der Waals surface area contributed by atoms with Crippen LogP contribution in [0.15, 0.2) is 6.20 Å². The minimum atomic E-state index is 0. The number of aromatic nitrogens is 2. The molecule has 0 atom stereocenters. The van der Waals surface area contributed by atoms with Gasteiger partial charge in [-0.2, -0.15) is 0 Å². The van der Waals surface area contributed by atoms with Crippen molar-refractivity contribution in [2.24, 2.45) is 7.05 Å². The van der Waals surface area contributed by atoms with E-state index in [1.807, 2.05) is 0 Å². The Balaban J connectivity index is 0.000001000. The number of hydrogen-bond acceptors (Lipinski definition) is 0. The van der Waals surface area contributed by atoms with Gasteiger partial charge in [-0.05, 0) is 6.42 Å². The molecule has 0 amide bonds. The summed E-state index contributed by atoms with van der Waals surface area (Å²) in [5.74, 6) is 1.23. The van der Waals surface area contributed by atoms with E-state index in [-0.39, 0.29) is 12.4 Å². The summed E-state index contributed by atoms with van der Waals surface area (Å²) in [5.41, 5.74) is 1.39. The Morgan fingerprint density at radius 1 is 1.55 bits per heavy atom. The standard InChI is InChI=1S/C8H14N2.ClH/c1-4-5-8-6-9-7(2)10(8)3;/h6H,4-5H2,1-3H3;1H. The predicted molar refractivity (Wildman–Crippen MR) is 40.7 cm³/mol. The van der Waals surface area contributed by atoms with Gasteiger partial charge in [0.2, 0.25) is 0 Å². The molecule has 1 aromatic heterocycles. The average Bonchev–Trinajstić information content (AvgIpc) is 2.20. The smallest absolute Gasteiger partial charge is 0.251 e. The maximum Gasteiger partial charge on any atom is 0.251 e. The molecule has 0 bridgehead atoms. The Morgan fingerprint density at radius 2 is 2.18 bits per heavy atom. The quantitative estimate of drug-likeness (QED) is 0.506. The Labute approximate surface area is 74.0 Å². The molecule has 64 valence electrons. The minimum Gasteiger partial charge on any atom is -1.00 e.